The first kappa shape index (κ1) is 23.1. The molecule has 0 unspecified atom stereocenters. The van der Waals surface area contributed by atoms with Gasteiger partial charge in [0.15, 0.2) is 11.0 Å². The van der Waals surface area contributed by atoms with Crippen molar-refractivity contribution in [1.82, 2.24) is 24.6 Å². The zero-order chi connectivity index (χ0) is 24.2. The third kappa shape index (κ3) is 4.93. The maximum absolute atomic E-state index is 13.1. The van der Waals surface area contributed by atoms with E-state index in [-0.39, 0.29) is 5.91 Å². The third-order valence-corrected chi connectivity index (χ3v) is 7.36. The fraction of sp³-hybridized carbons (Fsp3) is 0.259. The Labute approximate surface area is 209 Å². The molecule has 2 aromatic carbocycles. The van der Waals surface area contributed by atoms with Crippen molar-refractivity contribution in [3.8, 4) is 17.1 Å². The molecular formula is C27H28N6OS. The molecule has 0 spiro atoms. The van der Waals surface area contributed by atoms with Gasteiger partial charge < -0.3 is 9.80 Å². The Kier molecular flexibility index (Phi) is 6.81. The van der Waals surface area contributed by atoms with Crippen molar-refractivity contribution in [2.75, 3.05) is 36.8 Å². The molecule has 0 radical (unpaired) electrons. The van der Waals surface area contributed by atoms with Crippen molar-refractivity contribution in [3.63, 3.8) is 0 Å². The average molecular weight is 485 g/mol. The predicted octanol–water partition coefficient (Wildman–Crippen LogP) is 4.39. The van der Waals surface area contributed by atoms with E-state index < -0.39 is 0 Å². The van der Waals surface area contributed by atoms with Gasteiger partial charge in [0.1, 0.15) is 0 Å². The van der Waals surface area contributed by atoms with Crippen LogP contribution in [0, 0.1) is 13.8 Å². The maximum Gasteiger partial charge on any atom is 0.233 e. The van der Waals surface area contributed by atoms with Crippen LogP contribution in [0.5, 0.6) is 0 Å². The van der Waals surface area contributed by atoms with Crippen LogP contribution in [0.15, 0.2) is 78.2 Å². The molecule has 0 N–H and O–H groups in total. The number of thioether (sulfide) groups is 1. The molecule has 0 bridgehead atoms. The number of aryl methyl sites for hydroxylation is 1. The van der Waals surface area contributed by atoms with E-state index in [4.69, 9.17) is 0 Å². The molecule has 5 rings (SSSR count). The number of nitrogens with zero attached hydrogens (tertiary/aromatic N) is 6. The number of pyridine rings is 1. The minimum absolute atomic E-state index is 0.126. The number of piperazine rings is 1. The number of amides is 1. The summed E-state index contributed by atoms with van der Waals surface area (Å²) >= 11 is 1.42. The van der Waals surface area contributed by atoms with Gasteiger partial charge in [0.05, 0.1) is 5.75 Å². The number of hydrogen-bond acceptors (Lipinski definition) is 6. The average Bonchev–Trinajstić information content (AvgIpc) is 3.34. The summed E-state index contributed by atoms with van der Waals surface area (Å²) in [6.07, 6.45) is 3.51. The van der Waals surface area contributed by atoms with Gasteiger partial charge in [-0.25, -0.2) is 0 Å². The normalized spacial score (nSPS) is 13.8. The molecule has 7 nitrogen and oxygen atoms in total. The van der Waals surface area contributed by atoms with Gasteiger partial charge >= 0.3 is 0 Å². The van der Waals surface area contributed by atoms with Crippen molar-refractivity contribution < 1.29 is 4.79 Å². The van der Waals surface area contributed by atoms with E-state index in [1.807, 2.05) is 51.9 Å². The number of aromatic nitrogens is 4. The molecule has 0 saturated carbocycles. The van der Waals surface area contributed by atoms with Gasteiger partial charge in [-0.05, 0) is 55.3 Å². The number of carbonyl (C=O) groups excluding carboxylic acids is 1. The van der Waals surface area contributed by atoms with Gasteiger partial charge in [0.2, 0.25) is 5.91 Å². The Morgan fingerprint density at radius 3 is 2.46 bits per heavy atom. The number of para-hydroxylation sites is 1. The molecular weight excluding hydrogens is 456 g/mol. The number of rotatable bonds is 6. The van der Waals surface area contributed by atoms with E-state index in [1.165, 1.54) is 28.6 Å². The van der Waals surface area contributed by atoms with Crippen LogP contribution in [0.4, 0.5) is 5.69 Å². The van der Waals surface area contributed by atoms with Crippen LogP contribution < -0.4 is 4.90 Å². The zero-order valence-corrected chi connectivity index (χ0v) is 20.8. The lowest BCUT2D eigenvalue weighted by Crippen LogP contribution is -2.49. The summed E-state index contributed by atoms with van der Waals surface area (Å²) in [5.74, 6) is 1.16. The monoisotopic (exact) mass is 484 g/mol. The Morgan fingerprint density at radius 2 is 1.71 bits per heavy atom. The third-order valence-electron chi connectivity index (χ3n) is 6.44. The quantitative estimate of drug-likeness (QED) is 0.378. The summed E-state index contributed by atoms with van der Waals surface area (Å²) in [5, 5.41) is 9.55. The molecule has 8 heteroatoms. The zero-order valence-electron chi connectivity index (χ0n) is 20.0. The highest BCUT2D eigenvalue weighted by Crippen LogP contribution is 2.28. The van der Waals surface area contributed by atoms with E-state index in [0.29, 0.717) is 16.7 Å². The molecule has 1 saturated heterocycles. The Bertz CT molecular complexity index is 1300. The van der Waals surface area contributed by atoms with Crippen molar-refractivity contribution in [3.05, 3.63) is 84.2 Å². The summed E-state index contributed by atoms with van der Waals surface area (Å²) in [6.45, 7) is 7.43. The van der Waals surface area contributed by atoms with Crippen molar-refractivity contribution in [1.29, 1.82) is 0 Å². The molecule has 178 valence electrons. The largest absolute Gasteiger partial charge is 0.368 e. The van der Waals surface area contributed by atoms with Gasteiger partial charge in [-0.15, -0.1) is 10.2 Å². The smallest absolute Gasteiger partial charge is 0.233 e. The van der Waals surface area contributed by atoms with Gasteiger partial charge in [0, 0.05) is 55.5 Å². The minimum Gasteiger partial charge on any atom is -0.368 e. The van der Waals surface area contributed by atoms with Crippen molar-refractivity contribution in [2.24, 2.45) is 0 Å². The minimum atomic E-state index is 0.126. The highest BCUT2D eigenvalue weighted by atomic mass is 32.2. The lowest BCUT2D eigenvalue weighted by Gasteiger charge is -2.37. The van der Waals surface area contributed by atoms with E-state index >= 15 is 0 Å². The van der Waals surface area contributed by atoms with Crippen LogP contribution in [0.25, 0.3) is 17.1 Å². The summed E-state index contributed by atoms with van der Waals surface area (Å²) in [4.78, 5) is 21.6. The van der Waals surface area contributed by atoms with E-state index in [1.54, 1.807) is 12.4 Å². The first-order valence-corrected chi connectivity index (χ1v) is 12.7. The van der Waals surface area contributed by atoms with Crippen molar-refractivity contribution in [2.45, 2.75) is 19.0 Å². The second-order valence-electron chi connectivity index (χ2n) is 8.59. The summed E-state index contributed by atoms with van der Waals surface area (Å²) in [5.41, 5.74) is 5.71. The first-order valence-electron chi connectivity index (χ1n) is 11.7. The number of carbonyl (C=O) groups is 1. The number of hydrogen-bond donors (Lipinski definition) is 0. The van der Waals surface area contributed by atoms with Crippen LogP contribution in [0.3, 0.4) is 0 Å². The predicted molar refractivity (Wildman–Crippen MR) is 140 cm³/mol. The summed E-state index contributed by atoms with van der Waals surface area (Å²) in [6, 6.07) is 20.2. The molecule has 4 aromatic rings. The highest BCUT2D eigenvalue weighted by Gasteiger charge is 2.24. The molecule has 1 amide bonds. The first-order chi connectivity index (χ1) is 17.1. The van der Waals surface area contributed by atoms with E-state index in [9.17, 15) is 4.79 Å². The van der Waals surface area contributed by atoms with Crippen molar-refractivity contribution >= 4 is 23.4 Å². The molecule has 3 heterocycles. The molecule has 0 atom stereocenters. The molecule has 1 aliphatic heterocycles. The second kappa shape index (κ2) is 10.3. The molecule has 1 fully saturated rings. The van der Waals surface area contributed by atoms with Gasteiger partial charge in [-0.3, -0.25) is 14.3 Å². The molecule has 0 aliphatic carbocycles. The topological polar surface area (TPSA) is 67.2 Å². The van der Waals surface area contributed by atoms with Crippen LogP contribution in [0.1, 0.15) is 11.1 Å². The lowest BCUT2D eigenvalue weighted by molar-refractivity contribution is -0.128. The SMILES string of the molecule is Cc1cccc(N2CCN(C(=O)CSc3nnc(-c4cccnc4)n3-c3ccccc3)CC2)c1C. The van der Waals surface area contributed by atoms with E-state index in [2.05, 4.69) is 52.1 Å². The standard InChI is InChI=1S/C27H28N6OS/c1-20-8-6-12-24(21(20)2)31-14-16-32(17-15-31)25(34)19-35-27-30-29-26(22-9-7-13-28-18-22)33(27)23-10-4-3-5-11-23/h3-13,18H,14-17,19H2,1-2H3. The van der Waals surface area contributed by atoms with E-state index in [0.717, 1.165) is 37.4 Å². The Morgan fingerprint density at radius 1 is 0.914 bits per heavy atom. The molecule has 1 aliphatic rings. The fourth-order valence-electron chi connectivity index (χ4n) is 4.35. The van der Waals surface area contributed by atoms with Crippen LogP contribution in [-0.4, -0.2) is 62.5 Å². The highest BCUT2D eigenvalue weighted by molar-refractivity contribution is 7.99. The van der Waals surface area contributed by atoms with Gasteiger partial charge in [-0.1, -0.05) is 42.1 Å². The molecule has 35 heavy (non-hydrogen) atoms. The lowest BCUT2D eigenvalue weighted by atomic mass is 10.1. The molecule has 2 aromatic heterocycles. The maximum atomic E-state index is 13.1. The van der Waals surface area contributed by atoms with Gasteiger partial charge in [-0.2, -0.15) is 0 Å². The van der Waals surface area contributed by atoms with Crippen LogP contribution in [-0.2, 0) is 4.79 Å². The van der Waals surface area contributed by atoms with Crippen LogP contribution in [0.2, 0.25) is 0 Å². The van der Waals surface area contributed by atoms with Gasteiger partial charge in [0.25, 0.3) is 0 Å². The Balaban J connectivity index is 1.27. The Hall–Kier alpha value is -3.65. The summed E-state index contributed by atoms with van der Waals surface area (Å²) in [7, 11) is 0. The summed E-state index contributed by atoms with van der Waals surface area (Å²) < 4.78 is 1.99. The second-order valence-corrected chi connectivity index (χ2v) is 9.54. The number of benzene rings is 2. The number of anilines is 1. The van der Waals surface area contributed by atoms with Crippen LogP contribution >= 0.6 is 11.8 Å². The fourth-order valence-corrected chi connectivity index (χ4v) is 5.20.